The lowest BCUT2D eigenvalue weighted by molar-refractivity contribution is -0.117. The highest BCUT2D eigenvalue weighted by molar-refractivity contribution is 7.89. The first-order chi connectivity index (χ1) is 15.0. The smallest absolute Gasteiger partial charge is 0.240 e. The summed E-state index contributed by atoms with van der Waals surface area (Å²) in [6, 6.07) is 14.7. The Balaban J connectivity index is 1.60. The van der Waals surface area contributed by atoms with Crippen LogP contribution in [0.15, 0.2) is 53.4 Å². The Morgan fingerprint density at radius 3 is 2.52 bits per heavy atom. The molecular weight excluding hydrogens is 416 g/mol. The Labute approximate surface area is 183 Å². The third kappa shape index (κ3) is 4.46. The van der Waals surface area contributed by atoms with Gasteiger partial charge in [-0.25, -0.2) is 13.1 Å². The van der Waals surface area contributed by atoms with Gasteiger partial charge in [0.1, 0.15) is 5.75 Å². The minimum Gasteiger partial charge on any atom is -0.495 e. The van der Waals surface area contributed by atoms with Gasteiger partial charge in [-0.3, -0.25) is 4.79 Å². The van der Waals surface area contributed by atoms with E-state index in [-0.39, 0.29) is 22.8 Å². The van der Waals surface area contributed by atoms with Crippen LogP contribution in [-0.4, -0.2) is 47.7 Å². The van der Waals surface area contributed by atoms with Crippen LogP contribution in [0, 0.1) is 0 Å². The molecule has 1 N–H and O–H groups in total. The lowest BCUT2D eigenvalue weighted by Gasteiger charge is -2.38. The highest BCUT2D eigenvalue weighted by Gasteiger charge is 2.36. The predicted octanol–water partition coefficient (Wildman–Crippen LogP) is 2.85. The molecule has 4 rings (SSSR count). The van der Waals surface area contributed by atoms with Crippen LogP contribution in [0.25, 0.3) is 0 Å². The molecule has 8 heteroatoms. The Hall–Kier alpha value is -2.42. The number of amides is 1. The number of benzene rings is 2. The third-order valence-electron chi connectivity index (χ3n) is 6.26. The van der Waals surface area contributed by atoms with Gasteiger partial charge < -0.3 is 14.4 Å². The lowest BCUT2D eigenvalue weighted by Crippen LogP contribution is -2.44. The Morgan fingerprint density at radius 2 is 1.87 bits per heavy atom. The van der Waals surface area contributed by atoms with Crippen molar-refractivity contribution in [2.75, 3.05) is 38.3 Å². The standard InChI is InChI=1S/C23H28N2O5S/c1-29-21-10-9-19(16-20(21)25-13-5-8-22(25)26)31(27,28)24-17-23(11-14-30-15-12-23)18-6-3-2-4-7-18/h2-4,6-7,9-10,16,24H,5,8,11-15,17H2,1H3. The molecule has 2 aromatic carbocycles. The summed E-state index contributed by atoms with van der Waals surface area (Å²) in [6.45, 7) is 2.04. The third-order valence-corrected chi connectivity index (χ3v) is 7.66. The largest absolute Gasteiger partial charge is 0.495 e. The van der Waals surface area contributed by atoms with Gasteiger partial charge in [0, 0.05) is 38.1 Å². The fourth-order valence-electron chi connectivity index (χ4n) is 4.39. The Bertz CT molecular complexity index is 1030. The first-order valence-electron chi connectivity index (χ1n) is 10.6. The van der Waals surface area contributed by atoms with Crippen LogP contribution in [-0.2, 0) is 25.0 Å². The van der Waals surface area contributed by atoms with Gasteiger partial charge in [0.25, 0.3) is 0 Å². The summed E-state index contributed by atoms with van der Waals surface area (Å²) >= 11 is 0. The molecule has 0 saturated carbocycles. The number of anilines is 1. The zero-order valence-corrected chi connectivity index (χ0v) is 18.5. The summed E-state index contributed by atoms with van der Waals surface area (Å²) in [7, 11) is -2.27. The molecule has 2 saturated heterocycles. The second kappa shape index (κ2) is 8.98. The maximum absolute atomic E-state index is 13.2. The van der Waals surface area contributed by atoms with E-state index in [0.717, 1.165) is 24.8 Å². The van der Waals surface area contributed by atoms with Crippen LogP contribution >= 0.6 is 0 Å². The highest BCUT2D eigenvalue weighted by atomic mass is 32.2. The van der Waals surface area contributed by atoms with Crippen molar-refractivity contribution in [2.24, 2.45) is 0 Å². The zero-order chi connectivity index (χ0) is 21.9. The molecule has 2 aliphatic heterocycles. The van der Waals surface area contributed by atoms with Gasteiger partial charge in [-0.15, -0.1) is 0 Å². The van der Waals surface area contributed by atoms with Crippen LogP contribution in [0.2, 0.25) is 0 Å². The number of methoxy groups -OCH3 is 1. The van der Waals surface area contributed by atoms with E-state index in [1.54, 1.807) is 11.0 Å². The molecule has 0 bridgehead atoms. The fraction of sp³-hybridized carbons (Fsp3) is 0.435. The number of carbonyl (C=O) groups is 1. The predicted molar refractivity (Wildman–Crippen MR) is 118 cm³/mol. The van der Waals surface area contributed by atoms with Crippen LogP contribution in [0.3, 0.4) is 0 Å². The minimum atomic E-state index is -3.78. The monoisotopic (exact) mass is 444 g/mol. The Morgan fingerprint density at radius 1 is 1.13 bits per heavy atom. The number of nitrogens with zero attached hydrogens (tertiary/aromatic N) is 1. The molecule has 2 heterocycles. The lowest BCUT2D eigenvalue weighted by atomic mass is 9.74. The summed E-state index contributed by atoms with van der Waals surface area (Å²) in [4.78, 5) is 14.0. The summed E-state index contributed by atoms with van der Waals surface area (Å²) in [5.41, 5.74) is 1.29. The van der Waals surface area contributed by atoms with E-state index in [1.165, 1.54) is 19.2 Å². The molecule has 0 atom stereocenters. The van der Waals surface area contributed by atoms with E-state index in [0.29, 0.717) is 37.6 Å². The van der Waals surface area contributed by atoms with E-state index in [4.69, 9.17) is 9.47 Å². The molecule has 0 spiro atoms. The van der Waals surface area contributed by atoms with Crippen molar-refractivity contribution in [3.63, 3.8) is 0 Å². The van der Waals surface area contributed by atoms with Crippen LogP contribution in [0.5, 0.6) is 5.75 Å². The first kappa shape index (κ1) is 21.8. The summed E-state index contributed by atoms with van der Waals surface area (Å²) in [5, 5.41) is 0. The topological polar surface area (TPSA) is 84.9 Å². The molecule has 0 aliphatic carbocycles. The van der Waals surface area contributed by atoms with Gasteiger partial charge in [-0.2, -0.15) is 0 Å². The molecule has 0 unspecified atom stereocenters. The van der Waals surface area contributed by atoms with E-state index in [9.17, 15) is 13.2 Å². The molecule has 2 fully saturated rings. The molecule has 7 nitrogen and oxygen atoms in total. The van der Waals surface area contributed by atoms with Gasteiger partial charge >= 0.3 is 0 Å². The normalized spacial score (nSPS) is 18.9. The zero-order valence-electron chi connectivity index (χ0n) is 17.7. The second-order valence-corrected chi connectivity index (χ2v) is 9.83. The number of hydrogen-bond donors (Lipinski definition) is 1. The fourth-order valence-corrected chi connectivity index (χ4v) is 5.54. The molecular formula is C23H28N2O5S. The average molecular weight is 445 g/mol. The first-order valence-corrected chi connectivity index (χ1v) is 12.0. The SMILES string of the molecule is COc1ccc(S(=O)(=O)NCC2(c3ccccc3)CCOCC2)cc1N1CCCC1=O. The molecule has 2 aromatic rings. The van der Waals surface area contributed by atoms with E-state index < -0.39 is 10.0 Å². The second-order valence-electron chi connectivity index (χ2n) is 8.07. The Kier molecular flexibility index (Phi) is 6.31. The molecule has 1 amide bonds. The molecule has 0 aromatic heterocycles. The summed E-state index contributed by atoms with van der Waals surface area (Å²) in [5.74, 6) is 0.463. The van der Waals surface area contributed by atoms with Crippen molar-refractivity contribution in [3.05, 3.63) is 54.1 Å². The van der Waals surface area contributed by atoms with Crippen molar-refractivity contribution in [2.45, 2.75) is 36.0 Å². The van der Waals surface area contributed by atoms with E-state index in [1.807, 2.05) is 30.3 Å². The van der Waals surface area contributed by atoms with Gasteiger partial charge in [-0.05, 0) is 43.0 Å². The molecule has 2 aliphatic rings. The van der Waals surface area contributed by atoms with E-state index in [2.05, 4.69) is 4.72 Å². The van der Waals surface area contributed by atoms with Crippen molar-refractivity contribution in [1.82, 2.24) is 4.72 Å². The van der Waals surface area contributed by atoms with Crippen LogP contribution < -0.4 is 14.4 Å². The average Bonchev–Trinajstić information content (AvgIpc) is 3.24. The van der Waals surface area contributed by atoms with Crippen molar-refractivity contribution in [3.8, 4) is 5.75 Å². The number of carbonyl (C=O) groups excluding carboxylic acids is 1. The van der Waals surface area contributed by atoms with Gasteiger partial charge in [0.15, 0.2) is 0 Å². The molecule has 166 valence electrons. The molecule has 31 heavy (non-hydrogen) atoms. The minimum absolute atomic E-state index is 0.0222. The van der Waals surface area contributed by atoms with Gasteiger partial charge in [-0.1, -0.05) is 30.3 Å². The van der Waals surface area contributed by atoms with Gasteiger partial charge in [0.2, 0.25) is 15.9 Å². The van der Waals surface area contributed by atoms with Crippen molar-refractivity contribution < 1.29 is 22.7 Å². The molecule has 0 radical (unpaired) electrons. The van der Waals surface area contributed by atoms with Crippen LogP contribution in [0.1, 0.15) is 31.2 Å². The van der Waals surface area contributed by atoms with Crippen molar-refractivity contribution >= 4 is 21.6 Å². The van der Waals surface area contributed by atoms with Gasteiger partial charge in [0.05, 0.1) is 17.7 Å². The number of hydrogen-bond acceptors (Lipinski definition) is 5. The van der Waals surface area contributed by atoms with E-state index >= 15 is 0 Å². The quantitative estimate of drug-likeness (QED) is 0.710. The summed E-state index contributed by atoms with van der Waals surface area (Å²) < 4.78 is 40.2. The number of nitrogens with one attached hydrogen (secondary N) is 1. The number of sulfonamides is 1. The number of rotatable bonds is 7. The maximum atomic E-state index is 13.2. The number of ether oxygens (including phenoxy) is 2. The summed E-state index contributed by atoms with van der Waals surface area (Å²) in [6.07, 6.45) is 2.70. The maximum Gasteiger partial charge on any atom is 0.240 e. The van der Waals surface area contributed by atoms with Crippen LogP contribution in [0.4, 0.5) is 5.69 Å². The highest BCUT2D eigenvalue weighted by Crippen LogP contribution is 2.36. The van der Waals surface area contributed by atoms with Crippen molar-refractivity contribution in [1.29, 1.82) is 0 Å².